The summed E-state index contributed by atoms with van der Waals surface area (Å²) in [5.74, 6) is -10.8. The summed E-state index contributed by atoms with van der Waals surface area (Å²) >= 11 is 0. The Morgan fingerprint density at radius 2 is 0.933 bits per heavy atom. The van der Waals surface area contributed by atoms with Crippen molar-refractivity contribution in [3.8, 4) is 0 Å². The maximum absolute atomic E-state index is 12.5. The van der Waals surface area contributed by atoms with Gasteiger partial charge in [-0.2, -0.15) is 0 Å². The molecule has 1 saturated carbocycles. The maximum atomic E-state index is 12.5. The smallest absolute Gasteiger partial charge is 0.311 e. The quantitative estimate of drug-likeness (QED) is 0.631. The molecule has 2 aromatic rings. The molecule has 1 aliphatic rings. The van der Waals surface area contributed by atoms with Crippen LogP contribution in [-0.2, 0) is 41.9 Å². The molecule has 0 aliphatic heterocycles. The highest BCUT2D eigenvalue weighted by Gasteiger charge is 2.65. The van der Waals surface area contributed by atoms with E-state index in [1.165, 1.54) is 0 Å². The molecule has 0 unspecified atom stereocenters. The molecule has 2 N–H and O–H groups in total. The van der Waals surface area contributed by atoms with Crippen molar-refractivity contribution >= 4 is 23.9 Å². The predicted molar refractivity (Wildman–Crippen MR) is 102 cm³/mol. The van der Waals surface area contributed by atoms with Crippen LogP contribution in [0.25, 0.3) is 0 Å². The number of hydrogen-bond acceptors (Lipinski definition) is 6. The summed E-state index contributed by atoms with van der Waals surface area (Å²) in [5.41, 5.74) is 1.34. The van der Waals surface area contributed by atoms with Crippen molar-refractivity contribution in [3.05, 3.63) is 71.8 Å². The molecular weight excluding hydrogens is 392 g/mol. The molecule has 0 atom stereocenters. The number of carbonyl (C=O) groups excluding carboxylic acids is 2. The third kappa shape index (κ3) is 4.48. The Bertz CT molecular complexity index is 839. The van der Waals surface area contributed by atoms with Gasteiger partial charge in [-0.25, -0.2) is 0 Å². The summed E-state index contributed by atoms with van der Waals surface area (Å²) < 4.78 is 10.3. The Labute approximate surface area is 172 Å². The molecule has 0 saturated heterocycles. The molecule has 8 nitrogen and oxygen atoms in total. The first-order chi connectivity index (χ1) is 14.4. The molecule has 0 spiro atoms. The van der Waals surface area contributed by atoms with Crippen LogP contribution in [0.3, 0.4) is 0 Å². The Kier molecular flexibility index (Phi) is 6.46. The summed E-state index contributed by atoms with van der Waals surface area (Å²) in [6.07, 6.45) is 0. The van der Waals surface area contributed by atoms with E-state index in [1.54, 1.807) is 60.7 Å². The first-order valence-corrected chi connectivity index (χ1v) is 9.27. The van der Waals surface area contributed by atoms with Crippen LogP contribution in [0.5, 0.6) is 0 Å². The van der Waals surface area contributed by atoms with E-state index in [0.717, 1.165) is 0 Å². The van der Waals surface area contributed by atoms with Gasteiger partial charge in [-0.3, -0.25) is 19.2 Å². The SMILES string of the molecule is O=C(O)C1C(C(=O)OCc2ccccc2)C(C(=O)O)C1C(=O)OCc1ccccc1. The number of carbonyl (C=O) groups is 4. The van der Waals surface area contributed by atoms with Crippen molar-refractivity contribution in [3.63, 3.8) is 0 Å². The van der Waals surface area contributed by atoms with E-state index in [1.807, 2.05) is 0 Å². The number of aliphatic carboxylic acids is 2. The molecule has 0 amide bonds. The van der Waals surface area contributed by atoms with E-state index in [9.17, 15) is 29.4 Å². The minimum Gasteiger partial charge on any atom is -0.481 e. The van der Waals surface area contributed by atoms with Gasteiger partial charge in [0.15, 0.2) is 0 Å². The average Bonchev–Trinajstić information content (AvgIpc) is 2.71. The van der Waals surface area contributed by atoms with Crippen LogP contribution in [0, 0.1) is 23.7 Å². The first kappa shape index (κ1) is 21.0. The predicted octanol–water partition coefficient (Wildman–Crippen LogP) is 2.12. The molecule has 2 aromatic carbocycles. The highest BCUT2D eigenvalue weighted by Crippen LogP contribution is 2.48. The van der Waals surface area contributed by atoms with Crippen molar-refractivity contribution in [2.24, 2.45) is 23.7 Å². The maximum Gasteiger partial charge on any atom is 0.311 e. The van der Waals surface area contributed by atoms with Crippen molar-refractivity contribution < 1.29 is 38.9 Å². The van der Waals surface area contributed by atoms with Gasteiger partial charge >= 0.3 is 23.9 Å². The molecule has 1 aliphatic carbocycles. The fraction of sp³-hybridized carbons (Fsp3) is 0.273. The van der Waals surface area contributed by atoms with Crippen molar-refractivity contribution in [2.45, 2.75) is 13.2 Å². The lowest BCUT2D eigenvalue weighted by molar-refractivity contribution is -0.197. The summed E-state index contributed by atoms with van der Waals surface area (Å²) in [6.45, 7) is -0.254. The molecule has 8 heteroatoms. The van der Waals surface area contributed by atoms with Crippen LogP contribution in [0.4, 0.5) is 0 Å². The topological polar surface area (TPSA) is 127 Å². The lowest BCUT2D eigenvalue weighted by Crippen LogP contribution is -2.60. The average molecular weight is 412 g/mol. The monoisotopic (exact) mass is 412 g/mol. The van der Waals surface area contributed by atoms with Gasteiger partial charge in [0.2, 0.25) is 0 Å². The van der Waals surface area contributed by atoms with E-state index in [-0.39, 0.29) is 13.2 Å². The molecule has 156 valence electrons. The lowest BCUT2D eigenvalue weighted by Gasteiger charge is -2.43. The summed E-state index contributed by atoms with van der Waals surface area (Å²) in [6, 6.07) is 17.4. The second-order valence-electron chi connectivity index (χ2n) is 6.97. The molecule has 0 bridgehead atoms. The fourth-order valence-electron chi connectivity index (χ4n) is 3.60. The largest absolute Gasteiger partial charge is 0.481 e. The molecule has 30 heavy (non-hydrogen) atoms. The normalized spacial score (nSPS) is 22.4. The summed E-state index contributed by atoms with van der Waals surface area (Å²) in [7, 11) is 0. The number of carboxylic acids is 2. The number of hydrogen-bond donors (Lipinski definition) is 2. The fourth-order valence-corrected chi connectivity index (χ4v) is 3.60. The number of benzene rings is 2. The van der Waals surface area contributed by atoms with Gasteiger partial charge < -0.3 is 19.7 Å². The molecule has 3 rings (SSSR count). The van der Waals surface area contributed by atoms with Crippen molar-refractivity contribution in [1.82, 2.24) is 0 Å². The Morgan fingerprint density at radius 3 is 1.23 bits per heavy atom. The van der Waals surface area contributed by atoms with Gasteiger partial charge in [0.05, 0.1) is 23.7 Å². The molecule has 0 radical (unpaired) electrons. The van der Waals surface area contributed by atoms with Gasteiger partial charge in [0.25, 0.3) is 0 Å². The Balaban J connectivity index is 1.70. The molecule has 0 heterocycles. The van der Waals surface area contributed by atoms with Crippen molar-refractivity contribution in [2.75, 3.05) is 0 Å². The highest BCUT2D eigenvalue weighted by molar-refractivity contribution is 5.96. The zero-order valence-electron chi connectivity index (χ0n) is 15.8. The molecular formula is C22H20O8. The van der Waals surface area contributed by atoms with Crippen molar-refractivity contribution in [1.29, 1.82) is 0 Å². The van der Waals surface area contributed by atoms with Crippen LogP contribution >= 0.6 is 0 Å². The summed E-state index contributed by atoms with van der Waals surface area (Å²) in [5, 5.41) is 19.1. The second-order valence-corrected chi connectivity index (χ2v) is 6.97. The third-order valence-electron chi connectivity index (χ3n) is 5.11. The van der Waals surface area contributed by atoms with Gasteiger partial charge in [0.1, 0.15) is 13.2 Å². The van der Waals surface area contributed by atoms with E-state index >= 15 is 0 Å². The van der Waals surface area contributed by atoms with Crippen LogP contribution < -0.4 is 0 Å². The van der Waals surface area contributed by atoms with Gasteiger partial charge in [-0.05, 0) is 11.1 Å². The van der Waals surface area contributed by atoms with Crippen LogP contribution in [-0.4, -0.2) is 34.1 Å². The third-order valence-corrected chi connectivity index (χ3v) is 5.11. The zero-order valence-corrected chi connectivity index (χ0v) is 15.8. The number of carboxylic acid groups (broad SMARTS) is 2. The second kappa shape index (κ2) is 9.21. The van der Waals surface area contributed by atoms with Gasteiger partial charge in [-0.1, -0.05) is 60.7 Å². The number of rotatable bonds is 8. The van der Waals surface area contributed by atoms with E-state index < -0.39 is 47.5 Å². The highest BCUT2D eigenvalue weighted by atomic mass is 16.5. The molecule has 1 fully saturated rings. The van der Waals surface area contributed by atoms with Crippen LogP contribution in [0.1, 0.15) is 11.1 Å². The van der Waals surface area contributed by atoms with E-state index in [4.69, 9.17) is 9.47 Å². The van der Waals surface area contributed by atoms with Gasteiger partial charge in [-0.15, -0.1) is 0 Å². The number of ether oxygens (including phenoxy) is 2. The minimum absolute atomic E-state index is 0.127. The van der Waals surface area contributed by atoms with Crippen LogP contribution in [0.2, 0.25) is 0 Å². The molecule has 0 aromatic heterocycles. The minimum atomic E-state index is -1.53. The van der Waals surface area contributed by atoms with Crippen LogP contribution in [0.15, 0.2) is 60.7 Å². The summed E-state index contributed by atoms with van der Waals surface area (Å²) in [4.78, 5) is 48.4. The zero-order chi connectivity index (χ0) is 21.7. The Morgan fingerprint density at radius 1 is 0.600 bits per heavy atom. The number of esters is 2. The standard InChI is InChI=1S/C22H20O8/c23-19(24)15-17(21(27)29-11-13-7-3-1-4-8-13)16(20(25)26)18(15)22(28)30-12-14-9-5-2-6-10-14/h1-10,15-18H,11-12H2,(H,23,24)(H,25,26). The van der Waals surface area contributed by atoms with E-state index in [0.29, 0.717) is 11.1 Å². The first-order valence-electron chi connectivity index (χ1n) is 9.27. The van der Waals surface area contributed by atoms with Gasteiger partial charge in [0, 0.05) is 0 Å². The van der Waals surface area contributed by atoms with E-state index in [2.05, 4.69) is 0 Å². The Hall–Kier alpha value is -3.68. The lowest BCUT2D eigenvalue weighted by atomic mass is 9.56.